The van der Waals surface area contributed by atoms with Crippen molar-refractivity contribution in [3.05, 3.63) is 53.6 Å². The van der Waals surface area contributed by atoms with E-state index in [1.54, 1.807) is 44.6 Å². The van der Waals surface area contributed by atoms with Crippen molar-refractivity contribution < 1.29 is 27.8 Å². The van der Waals surface area contributed by atoms with Gasteiger partial charge in [0, 0.05) is 16.8 Å². The average molecular weight is 463 g/mol. The van der Waals surface area contributed by atoms with E-state index in [1.807, 2.05) is 12.1 Å². The molecule has 3 rings (SSSR count). The zero-order valence-corrected chi connectivity index (χ0v) is 19.4. The van der Waals surface area contributed by atoms with Crippen LogP contribution in [0.1, 0.15) is 34.9 Å². The number of Topliss-reactive ketones (excluding diaryl/α,β-unsaturated/α-hetero) is 1. The van der Waals surface area contributed by atoms with Crippen LogP contribution in [0.3, 0.4) is 0 Å². The third kappa shape index (κ3) is 5.99. The van der Waals surface area contributed by atoms with Crippen LogP contribution in [0.4, 0.5) is 5.69 Å². The van der Waals surface area contributed by atoms with Crippen molar-refractivity contribution in [2.24, 2.45) is 5.92 Å². The van der Waals surface area contributed by atoms with Gasteiger partial charge < -0.3 is 14.6 Å². The summed E-state index contributed by atoms with van der Waals surface area (Å²) < 4.78 is 35.8. The van der Waals surface area contributed by atoms with Gasteiger partial charge in [0.25, 0.3) is 0 Å². The second kappa shape index (κ2) is 10.3. The number of nitrogens with one attached hydrogen (secondary N) is 1. The quantitative estimate of drug-likeness (QED) is 0.552. The molecule has 174 valence electrons. The van der Waals surface area contributed by atoms with Crippen LogP contribution in [0.5, 0.6) is 11.5 Å². The predicted octanol–water partition coefficient (Wildman–Crippen LogP) is 2.70. The van der Waals surface area contributed by atoms with E-state index in [0.29, 0.717) is 41.4 Å². The first-order valence-corrected chi connectivity index (χ1v) is 12.3. The zero-order valence-electron chi connectivity index (χ0n) is 18.6. The topological polar surface area (TPSA) is 105 Å². The number of aliphatic hydroxyl groups is 1. The lowest BCUT2D eigenvalue weighted by Crippen LogP contribution is -2.38. The molecule has 1 aliphatic heterocycles. The number of likely N-dealkylation sites (tertiary alicyclic amines) is 1. The summed E-state index contributed by atoms with van der Waals surface area (Å²) in [6.45, 7) is 1.69. The van der Waals surface area contributed by atoms with Gasteiger partial charge in [-0.25, -0.2) is 8.42 Å². The highest BCUT2D eigenvalue weighted by Crippen LogP contribution is 2.39. The molecule has 1 saturated heterocycles. The Hall–Kier alpha value is -2.62. The van der Waals surface area contributed by atoms with Gasteiger partial charge in [-0.3, -0.25) is 14.4 Å². The molecule has 0 aromatic heterocycles. The summed E-state index contributed by atoms with van der Waals surface area (Å²) in [5, 5.41) is 11.0. The number of sulfonamides is 1. The first kappa shape index (κ1) is 24.0. The second-order valence-electron chi connectivity index (χ2n) is 8.02. The molecule has 0 amide bonds. The number of rotatable bonds is 9. The number of carbonyl (C=O) groups is 1. The monoisotopic (exact) mass is 462 g/mol. The van der Waals surface area contributed by atoms with Crippen LogP contribution >= 0.6 is 0 Å². The number of hydrogen-bond acceptors (Lipinski definition) is 7. The van der Waals surface area contributed by atoms with Crippen molar-refractivity contribution in [3.8, 4) is 11.5 Å². The highest BCUT2D eigenvalue weighted by Gasteiger charge is 2.29. The second-order valence-corrected chi connectivity index (χ2v) is 9.76. The highest BCUT2D eigenvalue weighted by molar-refractivity contribution is 7.92. The number of benzene rings is 2. The molecule has 0 aliphatic carbocycles. The van der Waals surface area contributed by atoms with E-state index >= 15 is 0 Å². The molecule has 1 heterocycles. The molecule has 2 N–H and O–H groups in total. The van der Waals surface area contributed by atoms with E-state index in [-0.39, 0.29) is 18.2 Å². The fraction of sp³-hybridized carbons (Fsp3) is 0.435. The molecule has 1 unspecified atom stereocenters. The van der Waals surface area contributed by atoms with Gasteiger partial charge in [0.05, 0.1) is 33.1 Å². The maximum Gasteiger partial charge on any atom is 0.229 e. The van der Waals surface area contributed by atoms with E-state index in [9.17, 15) is 18.3 Å². The Bertz CT molecular complexity index is 1030. The number of hydrogen-bond donors (Lipinski definition) is 2. The van der Waals surface area contributed by atoms with Gasteiger partial charge in [0.2, 0.25) is 10.0 Å². The molecular formula is C23H30N2O6S. The molecule has 0 radical (unpaired) electrons. The summed E-state index contributed by atoms with van der Waals surface area (Å²) in [6, 6.07) is 11.9. The van der Waals surface area contributed by atoms with Gasteiger partial charge in [-0.1, -0.05) is 12.1 Å². The van der Waals surface area contributed by atoms with Crippen molar-refractivity contribution in [1.29, 1.82) is 0 Å². The lowest BCUT2D eigenvalue weighted by atomic mass is 9.87. The Kier molecular flexibility index (Phi) is 7.76. The van der Waals surface area contributed by atoms with Gasteiger partial charge in [-0.15, -0.1) is 0 Å². The zero-order chi connectivity index (χ0) is 23.3. The van der Waals surface area contributed by atoms with Crippen LogP contribution in [0.15, 0.2) is 42.5 Å². The minimum Gasteiger partial charge on any atom is -0.493 e. The van der Waals surface area contributed by atoms with Crippen LogP contribution < -0.4 is 14.2 Å². The van der Waals surface area contributed by atoms with E-state index in [2.05, 4.69) is 9.62 Å². The van der Waals surface area contributed by atoms with E-state index in [4.69, 9.17) is 9.47 Å². The first-order chi connectivity index (χ1) is 15.2. The number of anilines is 1. The van der Waals surface area contributed by atoms with Crippen LogP contribution in [0.2, 0.25) is 0 Å². The summed E-state index contributed by atoms with van der Waals surface area (Å²) in [5.74, 6) is 1.17. The molecule has 9 heteroatoms. The summed E-state index contributed by atoms with van der Waals surface area (Å²) in [7, 11) is -0.222. The van der Waals surface area contributed by atoms with Crippen molar-refractivity contribution in [1.82, 2.24) is 4.90 Å². The third-order valence-corrected chi connectivity index (χ3v) is 6.31. The van der Waals surface area contributed by atoms with E-state index in [0.717, 1.165) is 19.1 Å². The summed E-state index contributed by atoms with van der Waals surface area (Å²) in [5.41, 5.74) is 1.67. The summed E-state index contributed by atoms with van der Waals surface area (Å²) in [6.07, 6.45) is 1.92. The number of carbonyl (C=O) groups excluding carboxylic acids is 1. The minimum atomic E-state index is -3.35. The van der Waals surface area contributed by atoms with Crippen LogP contribution in [0, 0.1) is 5.92 Å². The molecule has 2 aromatic carbocycles. The van der Waals surface area contributed by atoms with Gasteiger partial charge in [-0.2, -0.15) is 0 Å². The van der Waals surface area contributed by atoms with Crippen molar-refractivity contribution in [2.75, 3.05) is 44.8 Å². The van der Waals surface area contributed by atoms with Crippen molar-refractivity contribution >= 4 is 21.5 Å². The largest absolute Gasteiger partial charge is 0.493 e. The van der Waals surface area contributed by atoms with Crippen molar-refractivity contribution in [3.63, 3.8) is 0 Å². The molecule has 1 atom stereocenters. The lowest BCUT2D eigenvalue weighted by Gasteiger charge is -2.34. The Morgan fingerprint density at radius 1 is 1.12 bits per heavy atom. The number of ketones is 1. The first-order valence-electron chi connectivity index (χ1n) is 10.4. The Morgan fingerprint density at radius 3 is 2.34 bits per heavy atom. The summed E-state index contributed by atoms with van der Waals surface area (Å²) in [4.78, 5) is 14.7. The third-order valence-electron chi connectivity index (χ3n) is 5.71. The van der Waals surface area contributed by atoms with Crippen LogP contribution in [-0.2, 0) is 10.0 Å². The average Bonchev–Trinajstić information content (AvgIpc) is 2.77. The minimum absolute atomic E-state index is 0.0237. The molecule has 2 aromatic rings. The van der Waals surface area contributed by atoms with Gasteiger partial charge >= 0.3 is 0 Å². The molecule has 1 fully saturated rings. The fourth-order valence-corrected chi connectivity index (χ4v) is 4.62. The number of ether oxygens (including phenoxy) is 2. The Morgan fingerprint density at radius 2 is 1.78 bits per heavy atom. The maximum absolute atomic E-state index is 12.6. The van der Waals surface area contributed by atoms with E-state index in [1.165, 1.54) is 0 Å². The number of piperidine rings is 1. The smallest absolute Gasteiger partial charge is 0.229 e. The molecule has 0 spiro atoms. The maximum atomic E-state index is 12.6. The van der Waals surface area contributed by atoms with Crippen LogP contribution in [0.25, 0.3) is 0 Å². The lowest BCUT2D eigenvalue weighted by molar-refractivity contribution is 0.0547. The molecule has 0 saturated carbocycles. The molecular weight excluding hydrogens is 432 g/mol. The summed E-state index contributed by atoms with van der Waals surface area (Å²) >= 11 is 0. The van der Waals surface area contributed by atoms with Gasteiger partial charge in [0.15, 0.2) is 17.3 Å². The van der Waals surface area contributed by atoms with E-state index < -0.39 is 16.1 Å². The number of methoxy groups -OCH3 is 2. The van der Waals surface area contributed by atoms with Crippen molar-refractivity contribution in [2.45, 2.75) is 18.9 Å². The normalized spacial score (nSPS) is 16.4. The molecule has 0 bridgehead atoms. The number of aliphatic hydroxyl groups excluding tert-OH is 1. The predicted molar refractivity (Wildman–Crippen MR) is 123 cm³/mol. The molecule has 8 nitrogen and oxygen atoms in total. The van der Waals surface area contributed by atoms with Gasteiger partial charge in [0.1, 0.15) is 0 Å². The fourth-order valence-electron chi connectivity index (χ4n) is 4.06. The van der Waals surface area contributed by atoms with Gasteiger partial charge in [-0.05, 0) is 62.2 Å². The Labute approximate surface area is 189 Å². The number of nitrogens with zero attached hydrogens (tertiary/aromatic N) is 1. The standard InChI is InChI=1S/C23H30N2O6S/c1-30-21-6-4-5-19(23(21)31-2)22(27)17-11-13-25(14-12-17)15-20(26)16-7-9-18(10-8-16)24-32(3,28)29/h4-10,17,22,24,27H,11-15H2,1-3H3. The van der Waals surface area contributed by atoms with Crippen LogP contribution in [-0.4, -0.2) is 64.3 Å². The SMILES string of the molecule is COc1cccc(C(O)C2CCN(CC(=O)c3ccc(NS(C)(=O)=O)cc3)CC2)c1OC. The Balaban J connectivity index is 1.56. The molecule has 1 aliphatic rings. The number of para-hydroxylation sites is 1. The molecule has 32 heavy (non-hydrogen) atoms. The highest BCUT2D eigenvalue weighted by atomic mass is 32.2.